The maximum absolute atomic E-state index is 12.9. The van der Waals surface area contributed by atoms with Crippen LogP contribution in [0.5, 0.6) is 0 Å². The van der Waals surface area contributed by atoms with Crippen LogP contribution >= 0.6 is 0 Å². The fourth-order valence-electron chi connectivity index (χ4n) is 1.19. The van der Waals surface area contributed by atoms with Gasteiger partial charge in [0, 0.05) is 6.54 Å². The Bertz CT molecular complexity index is 260. The van der Waals surface area contributed by atoms with Gasteiger partial charge >= 0.3 is 12.1 Å². The molecule has 0 radical (unpaired) electrons. The molecule has 0 unspecified atom stereocenters. The van der Waals surface area contributed by atoms with E-state index in [1.54, 1.807) is 6.92 Å². The largest absolute Gasteiger partial charge is 0.461 e. The monoisotopic (exact) mass is 231 g/mol. The molecule has 0 aliphatic carbocycles. The van der Waals surface area contributed by atoms with E-state index in [0.717, 1.165) is 4.90 Å². The Morgan fingerprint density at radius 3 is 2.40 bits per heavy atom. The topological polar surface area (TPSA) is 27.6 Å². The standard InChI is InChI=1S/C7H10F5N3/c1-2-3-15-4-13-14-5(15)6(8,9)7(10,11)12/h13H,2-4H2,1H3. The Labute approximate surface area is 82.9 Å². The maximum Gasteiger partial charge on any atom is 0.461 e. The summed E-state index contributed by atoms with van der Waals surface area (Å²) in [5.41, 5.74) is 2.12. The Kier molecular flexibility index (Phi) is 3.05. The zero-order valence-electron chi connectivity index (χ0n) is 7.91. The first-order valence-corrected chi connectivity index (χ1v) is 4.31. The highest BCUT2D eigenvalue weighted by Gasteiger charge is 2.63. The van der Waals surface area contributed by atoms with E-state index in [-0.39, 0.29) is 13.2 Å². The van der Waals surface area contributed by atoms with E-state index < -0.39 is 17.9 Å². The lowest BCUT2D eigenvalue weighted by atomic mass is 10.2. The van der Waals surface area contributed by atoms with Crippen molar-refractivity contribution in [3.63, 3.8) is 0 Å². The molecule has 1 aliphatic rings. The molecule has 0 saturated heterocycles. The second-order valence-corrected chi connectivity index (χ2v) is 3.09. The first-order chi connectivity index (χ1) is 6.80. The van der Waals surface area contributed by atoms with Crippen molar-refractivity contribution in [1.29, 1.82) is 0 Å². The number of nitrogens with zero attached hydrogens (tertiary/aromatic N) is 2. The van der Waals surface area contributed by atoms with Crippen LogP contribution in [0.25, 0.3) is 0 Å². The summed E-state index contributed by atoms with van der Waals surface area (Å²) in [5, 5.41) is 3.00. The summed E-state index contributed by atoms with van der Waals surface area (Å²) in [6.07, 6.45) is -5.14. The number of hydrogen-bond acceptors (Lipinski definition) is 3. The number of hydrogen-bond donors (Lipinski definition) is 1. The predicted molar refractivity (Wildman–Crippen MR) is 43.4 cm³/mol. The van der Waals surface area contributed by atoms with Gasteiger partial charge in [-0.1, -0.05) is 6.92 Å². The third-order valence-corrected chi connectivity index (χ3v) is 1.88. The molecule has 88 valence electrons. The van der Waals surface area contributed by atoms with Crippen LogP contribution in [0, 0.1) is 0 Å². The molecule has 0 spiro atoms. The SMILES string of the molecule is CCCN1CNN=C1C(F)(F)C(F)(F)F. The minimum atomic E-state index is -5.61. The first-order valence-electron chi connectivity index (χ1n) is 4.31. The summed E-state index contributed by atoms with van der Waals surface area (Å²) >= 11 is 0. The summed E-state index contributed by atoms with van der Waals surface area (Å²) in [7, 11) is 0. The fraction of sp³-hybridized carbons (Fsp3) is 0.857. The molecule has 0 fully saturated rings. The molecule has 0 aromatic rings. The molecule has 1 aliphatic heterocycles. The van der Waals surface area contributed by atoms with E-state index >= 15 is 0 Å². The summed E-state index contributed by atoms with van der Waals surface area (Å²) in [4.78, 5) is 0.882. The van der Waals surface area contributed by atoms with Crippen LogP contribution in [-0.2, 0) is 0 Å². The van der Waals surface area contributed by atoms with Crippen molar-refractivity contribution in [3.8, 4) is 0 Å². The van der Waals surface area contributed by atoms with Crippen molar-refractivity contribution in [1.82, 2.24) is 10.3 Å². The van der Waals surface area contributed by atoms with Crippen molar-refractivity contribution in [2.24, 2.45) is 5.10 Å². The molecular formula is C7H10F5N3. The van der Waals surface area contributed by atoms with Gasteiger partial charge in [0.05, 0.1) is 0 Å². The fourth-order valence-corrected chi connectivity index (χ4v) is 1.19. The van der Waals surface area contributed by atoms with Crippen LogP contribution < -0.4 is 5.43 Å². The van der Waals surface area contributed by atoms with Crippen molar-refractivity contribution < 1.29 is 22.0 Å². The van der Waals surface area contributed by atoms with Gasteiger partial charge in [0.1, 0.15) is 6.67 Å². The van der Waals surface area contributed by atoms with Crippen LogP contribution in [0.1, 0.15) is 13.3 Å². The molecule has 1 N–H and O–H groups in total. The number of halogens is 5. The minimum absolute atomic E-state index is 0.109. The second kappa shape index (κ2) is 3.82. The van der Waals surface area contributed by atoms with Gasteiger partial charge < -0.3 is 4.90 Å². The summed E-state index contributed by atoms with van der Waals surface area (Å²) in [6.45, 7) is 1.67. The van der Waals surface area contributed by atoms with E-state index in [2.05, 4.69) is 10.5 Å². The van der Waals surface area contributed by atoms with E-state index in [1.165, 1.54) is 0 Å². The van der Waals surface area contributed by atoms with Crippen molar-refractivity contribution in [2.75, 3.05) is 13.2 Å². The molecule has 0 amide bonds. The van der Waals surface area contributed by atoms with Crippen LogP contribution in [0.4, 0.5) is 22.0 Å². The van der Waals surface area contributed by atoms with Gasteiger partial charge in [0.15, 0.2) is 0 Å². The van der Waals surface area contributed by atoms with Crippen LogP contribution in [0.15, 0.2) is 5.10 Å². The van der Waals surface area contributed by atoms with Gasteiger partial charge in [0.25, 0.3) is 0 Å². The van der Waals surface area contributed by atoms with Crippen molar-refractivity contribution >= 4 is 5.84 Å². The summed E-state index contributed by atoms with van der Waals surface area (Å²) in [5.74, 6) is -6.15. The predicted octanol–water partition coefficient (Wildman–Crippen LogP) is 1.77. The molecule has 15 heavy (non-hydrogen) atoms. The first kappa shape index (κ1) is 12.0. The van der Waals surface area contributed by atoms with Gasteiger partial charge in [-0.25, -0.2) is 0 Å². The molecule has 0 aromatic heterocycles. The van der Waals surface area contributed by atoms with Gasteiger partial charge in [-0.2, -0.15) is 27.1 Å². The molecule has 1 rings (SSSR count). The molecule has 1 heterocycles. The van der Waals surface area contributed by atoms with E-state index in [1.807, 2.05) is 0 Å². The number of rotatable bonds is 3. The number of nitrogens with one attached hydrogen (secondary N) is 1. The highest BCUT2D eigenvalue weighted by molar-refractivity contribution is 5.90. The highest BCUT2D eigenvalue weighted by Crippen LogP contribution is 2.38. The third kappa shape index (κ3) is 2.13. The van der Waals surface area contributed by atoms with Gasteiger partial charge in [-0.3, -0.25) is 5.43 Å². The lowest BCUT2D eigenvalue weighted by molar-refractivity contribution is -0.252. The highest BCUT2D eigenvalue weighted by atomic mass is 19.4. The maximum atomic E-state index is 12.9. The molecule has 0 aromatic carbocycles. The third-order valence-electron chi connectivity index (χ3n) is 1.88. The number of amidine groups is 1. The van der Waals surface area contributed by atoms with Gasteiger partial charge in [0.2, 0.25) is 5.84 Å². The Hall–Kier alpha value is -1.08. The molecule has 3 nitrogen and oxygen atoms in total. The van der Waals surface area contributed by atoms with E-state index in [0.29, 0.717) is 6.42 Å². The Balaban J connectivity index is 2.87. The Morgan fingerprint density at radius 2 is 1.93 bits per heavy atom. The smallest absolute Gasteiger partial charge is 0.334 e. The molecule has 0 saturated carbocycles. The molecule has 0 atom stereocenters. The van der Waals surface area contributed by atoms with E-state index in [4.69, 9.17) is 0 Å². The quantitative estimate of drug-likeness (QED) is 0.749. The summed E-state index contributed by atoms with van der Waals surface area (Å²) in [6, 6.07) is 0. The second-order valence-electron chi connectivity index (χ2n) is 3.09. The van der Waals surface area contributed by atoms with Crippen molar-refractivity contribution in [3.05, 3.63) is 0 Å². The lowest BCUT2D eigenvalue weighted by Gasteiger charge is -2.25. The van der Waals surface area contributed by atoms with Gasteiger partial charge in [-0.05, 0) is 6.42 Å². The molecule has 8 heteroatoms. The van der Waals surface area contributed by atoms with Crippen LogP contribution in [-0.4, -0.2) is 36.0 Å². The number of hydrazone groups is 1. The zero-order chi connectivity index (χ0) is 11.7. The van der Waals surface area contributed by atoms with Gasteiger partial charge in [-0.15, -0.1) is 0 Å². The lowest BCUT2D eigenvalue weighted by Crippen LogP contribution is -2.50. The average molecular weight is 231 g/mol. The molecule has 0 bridgehead atoms. The van der Waals surface area contributed by atoms with Crippen LogP contribution in [0.3, 0.4) is 0 Å². The van der Waals surface area contributed by atoms with E-state index in [9.17, 15) is 22.0 Å². The zero-order valence-corrected chi connectivity index (χ0v) is 7.91. The normalized spacial score (nSPS) is 17.7. The summed E-state index contributed by atoms with van der Waals surface area (Å²) < 4.78 is 61.8. The van der Waals surface area contributed by atoms with Crippen LogP contribution in [0.2, 0.25) is 0 Å². The Morgan fingerprint density at radius 1 is 1.33 bits per heavy atom. The minimum Gasteiger partial charge on any atom is -0.334 e. The molecular weight excluding hydrogens is 221 g/mol. The average Bonchev–Trinajstić information content (AvgIpc) is 2.51. The van der Waals surface area contributed by atoms with Crippen molar-refractivity contribution in [2.45, 2.75) is 25.4 Å². The number of alkyl halides is 5.